The second-order valence-corrected chi connectivity index (χ2v) is 5.57. The number of carbonyl (C=O) groups is 2. The zero-order valence-electron chi connectivity index (χ0n) is 13.6. The van der Waals surface area contributed by atoms with Gasteiger partial charge in [-0.05, 0) is 54.8 Å². The monoisotopic (exact) mass is 347 g/mol. The van der Waals surface area contributed by atoms with Gasteiger partial charge in [-0.25, -0.2) is 0 Å². The molecule has 0 saturated carbocycles. The highest BCUT2D eigenvalue weighted by molar-refractivity contribution is 6.07. The van der Waals surface area contributed by atoms with E-state index >= 15 is 0 Å². The van der Waals surface area contributed by atoms with Crippen molar-refractivity contribution in [2.75, 3.05) is 5.32 Å². The quantitative estimate of drug-likeness (QED) is 0.644. The van der Waals surface area contributed by atoms with Crippen LogP contribution in [0.2, 0.25) is 0 Å². The molecular formula is C19H16F3NO2. The molecule has 0 saturated heterocycles. The van der Waals surface area contributed by atoms with E-state index in [0.29, 0.717) is 11.1 Å². The van der Waals surface area contributed by atoms with Crippen molar-refractivity contribution in [3.05, 3.63) is 70.8 Å². The lowest BCUT2D eigenvalue weighted by molar-refractivity contribution is -0.167. The van der Waals surface area contributed by atoms with Gasteiger partial charge in [-0.1, -0.05) is 30.3 Å². The summed E-state index contributed by atoms with van der Waals surface area (Å²) in [6.07, 6.45) is -2.12. The van der Waals surface area contributed by atoms with Gasteiger partial charge in [-0.2, -0.15) is 13.2 Å². The molecule has 0 aromatic heterocycles. The molecule has 2 aromatic carbocycles. The molecule has 2 rings (SSSR count). The average Bonchev–Trinajstić information content (AvgIpc) is 2.54. The van der Waals surface area contributed by atoms with Crippen LogP contribution in [0.5, 0.6) is 0 Å². The van der Waals surface area contributed by atoms with E-state index in [-0.39, 0.29) is 11.5 Å². The molecule has 6 heteroatoms. The molecule has 0 aliphatic heterocycles. The van der Waals surface area contributed by atoms with Crippen LogP contribution in [0.15, 0.2) is 48.5 Å². The van der Waals surface area contributed by atoms with Crippen molar-refractivity contribution >= 4 is 23.5 Å². The molecule has 0 aliphatic rings. The van der Waals surface area contributed by atoms with E-state index in [1.165, 1.54) is 30.4 Å². The third-order valence-corrected chi connectivity index (χ3v) is 3.62. The zero-order chi connectivity index (χ0) is 18.6. The van der Waals surface area contributed by atoms with Gasteiger partial charge < -0.3 is 5.32 Å². The number of allylic oxidation sites excluding steroid dienone is 1. The number of benzene rings is 2. The Morgan fingerprint density at radius 3 is 2.36 bits per heavy atom. The van der Waals surface area contributed by atoms with Crippen molar-refractivity contribution in [3.8, 4) is 0 Å². The van der Waals surface area contributed by atoms with Crippen LogP contribution in [0.3, 0.4) is 0 Å². The maximum atomic E-state index is 12.3. The summed E-state index contributed by atoms with van der Waals surface area (Å²) in [5.41, 5.74) is 3.10. The SMILES string of the molecule is Cc1ccc(C(=O)/C=C/c2cccc(NC(=O)C(F)(F)F)c2)cc1C. The summed E-state index contributed by atoms with van der Waals surface area (Å²) in [4.78, 5) is 23.1. The van der Waals surface area contributed by atoms with E-state index in [4.69, 9.17) is 0 Å². The molecule has 0 fully saturated rings. The van der Waals surface area contributed by atoms with Crippen LogP contribution >= 0.6 is 0 Å². The molecule has 0 spiro atoms. The Morgan fingerprint density at radius 1 is 1.00 bits per heavy atom. The maximum Gasteiger partial charge on any atom is 0.471 e. The van der Waals surface area contributed by atoms with Gasteiger partial charge in [-0.15, -0.1) is 0 Å². The fourth-order valence-corrected chi connectivity index (χ4v) is 2.08. The van der Waals surface area contributed by atoms with E-state index in [1.807, 2.05) is 19.9 Å². The number of nitrogens with one attached hydrogen (secondary N) is 1. The average molecular weight is 347 g/mol. The predicted molar refractivity (Wildman–Crippen MR) is 90.4 cm³/mol. The lowest BCUT2D eigenvalue weighted by Gasteiger charge is -2.08. The van der Waals surface area contributed by atoms with Crippen LogP contribution in [0.1, 0.15) is 27.0 Å². The number of hydrogen-bond acceptors (Lipinski definition) is 2. The molecule has 0 heterocycles. The molecule has 0 unspecified atom stereocenters. The van der Waals surface area contributed by atoms with Crippen molar-refractivity contribution in [3.63, 3.8) is 0 Å². The highest BCUT2D eigenvalue weighted by Crippen LogP contribution is 2.19. The van der Waals surface area contributed by atoms with E-state index in [9.17, 15) is 22.8 Å². The highest BCUT2D eigenvalue weighted by Gasteiger charge is 2.38. The first-order valence-corrected chi connectivity index (χ1v) is 7.45. The van der Waals surface area contributed by atoms with Crippen molar-refractivity contribution < 1.29 is 22.8 Å². The summed E-state index contributed by atoms with van der Waals surface area (Å²) >= 11 is 0. The van der Waals surface area contributed by atoms with E-state index in [0.717, 1.165) is 11.1 Å². The lowest BCUT2D eigenvalue weighted by atomic mass is 10.0. The number of alkyl halides is 3. The number of amides is 1. The van der Waals surface area contributed by atoms with Crippen LogP contribution in [0.4, 0.5) is 18.9 Å². The minimum Gasteiger partial charge on any atom is -0.318 e. The fraction of sp³-hybridized carbons (Fsp3) is 0.158. The number of rotatable bonds is 4. The Labute approximate surface area is 143 Å². The number of anilines is 1. The molecule has 25 heavy (non-hydrogen) atoms. The molecule has 1 N–H and O–H groups in total. The molecule has 0 atom stereocenters. The molecule has 0 aliphatic carbocycles. The normalized spacial score (nSPS) is 11.6. The van der Waals surface area contributed by atoms with Crippen LogP contribution < -0.4 is 5.32 Å². The van der Waals surface area contributed by atoms with Crippen LogP contribution in [-0.2, 0) is 4.79 Å². The Bertz CT molecular complexity index is 839. The number of aryl methyl sites for hydroxylation is 2. The minimum absolute atomic E-state index is 0.00287. The van der Waals surface area contributed by atoms with Gasteiger partial charge in [0.25, 0.3) is 0 Å². The van der Waals surface area contributed by atoms with Crippen LogP contribution in [-0.4, -0.2) is 17.9 Å². The minimum atomic E-state index is -4.95. The highest BCUT2D eigenvalue weighted by atomic mass is 19.4. The maximum absolute atomic E-state index is 12.3. The van der Waals surface area contributed by atoms with Crippen molar-refractivity contribution in [2.24, 2.45) is 0 Å². The third kappa shape index (κ3) is 5.04. The van der Waals surface area contributed by atoms with Gasteiger partial charge in [0.1, 0.15) is 0 Å². The number of halogens is 3. The molecule has 0 radical (unpaired) electrons. The van der Waals surface area contributed by atoms with Crippen LogP contribution in [0.25, 0.3) is 6.08 Å². The fourth-order valence-electron chi connectivity index (χ4n) is 2.08. The summed E-state index contributed by atoms with van der Waals surface area (Å²) in [6, 6.07) is 11.2. The van der Waals surface area contributed by atoms with Gasteiger partial charge >= 0.3 is 12.1 Å². The van der Waals surface area contributed by atoms with E-state index in [1.54, 1.807) is 23.5 Å². The zero-order valence-corrected chi connectivity index (χ0v) is 13.6. The Morgan fingerprint density at radius 2 is 1.72 bits per heavy atom. The summed E-state index contributed by atoms with van der Waals surface area (Å²) < 4.78 is 36.8. The molecule has 3 nitrogen and oxygen atoms in total. The topological polar surface area (TPSA) is 46.2 Å². The molecule has 130 valence electrons. The summed E-state index contributed by atoms with van der Waals surface area (Å²) in [6.45, 7) is 3.85. The number of hydrogen-bond donors (Lipinski definition) is 1. The van der Waals surface area contributed by atoms with Crippen LogP contribution in [0, 0.1) is 13.8 Å². The van der Waals surface area contributed by atoms with Gasteiger partial charge in [-0.3, -0.25) is 9.59 Å². The standard InChI is InChI=1S/C19H16F3NO2/c1-12-6-8-15(10-13(12)2)17(24)9-7-14-4-3-5-16(11-14)23-18(25)19(20,21)22/h3-11H,1-2H3,(H,23,25)/b9-7+. The van der Waals surface area contributed by atoms with E-state index in [2.05, 4.69) is 0 Å². The smallest absolute Gasteiger partial charge is 0.318 e. The largest absolute Gasteiger partial charge is 0.471 e. The second kappa shape index (κ2) is 7.34. The van der Waals surface area contributed by atoms with Gasteiger partial charge in [0.15, 0.2) is 5.78 Å². The van der Waals surface area contributed by atoms with Crippen molar-refractivity contribution in [1.82, 2.24) is 0 Å². The summed E-state index contributed by atoms with van der Waals surface area (Å²) in [7, 11) is 0. The lowest BCUT2D eigenvalue weighted by Crippen LogP contribution is -2.29. The number of carbonyl (C=O) groups excluding carboxylic acids is 2. The Kier molecular flexibility index (Phi) is 5.41. The van der Waals surface area contributed by atoms with Gasteiger partial charge in [0.2, 0.25) is 0 Å². The van der Waals surface area contributed by atoms with Gasteiger partial charge in [0.05, 0.1) is 0 Å². The molecule has 0 bridgehead atoms. The second-order valence-electron chi connectivity index (χ2n) is 5.57. The van der Waals surface area contributed by atoms with Gasteiger partial charge in [0, 0.05) is 11.3 Å². The molecule has 2 aromatic rings. The predicted octanol–water partition coefficient (Wildman–Crippen LogP) is 4.70. The first-order chi connectivity index (χ1) is 11.7. The Hall–Kier alpha value is -2.89. The third-order valence-electron chi connectivity index (χ3n) is 3.62. The molecule has 1 amide bonds. The van der Waals surface area contributed by atoms with Crippen molar-refractivity contribution in [1.29, 1.82) is 0 Å². The molecular weight excluding hydrogens is 331 g/mol. The Balaban J connectivity index is 2.13. The first kappa shape index (κ1) is 18.4. The number of ketones is 1. The van der Waals surface area contributed by atoms with E-state index < -0.39 is 12.1 Å². The summed E-state index contributed by atoms with van der Waals surface area (Å²) in [5, 5.41) is 1.77. The van der Waals surface area contributed by atoms with Crippen molar-refractivity contribution in [2.45, 2.75) is 20.0 Å². The summed E-state index contributed by atoms with van der Waals surface area (Å²) in [5.74, 6) is -2.26. The first-order valence-electron chi connectivity index (χ1n) is 7.45.